The van der Waals surface area contributed by atoms with Gasteiger partial charge in [0.15, 0.2) is 0 Å². The molecule has 0 saturated carbocycles. The molecule has 0 amide bonds. The van der Waals surface area contributed by atoms with Gasteiger partial charge in [-0.2, -0.15) is 0 Å². The van der Waals surface area contributed by atoms with Crippen LogP contribution in [0.4, 0.5) is 0 Å². The van der Waals surface area contributed by atoms with E-state index >= 15 is 0 Å². The average molecular weight is 206 g/mol. The van der Waals surface area contributed by atoms with Crippen molar-refractivity contribution in [3.63, 3.8) is 0 Å². The highest BCUT2D eigenvalue weighted by Gasteiger charge is 2.19. The molecular weight excluding hydrogens is 188 g/mol. The molecule has 0 aliphatic rings. The van der Waals surface area contributed by atoms with E-state index in [0.717, 1.165) is 0 Å². The summed E-state index contributed by atoms with van der Waals surface area (Å²) < 4.78 is 0. The summed E-state index contributed by atoms with van der Waals surface area (Å²) in [6.45, 7) is 4.61. The van der Waals surface area contributed by atoms with Crippen molar-refractivity contribution < 1.29 is 19.8 Å². The van der Waals surface area contributed by atoms with Crippen LogP contribution in [-0.4, -0.2) is 33.7 Å². The molecule has 0 aromatic rings. The van der Waals surface area contributed by atoms with Gasteiger partial charge in [-0.3, -0.25) is 9.59 Å². The monoisotopic (exact) mass is 206 g/mol. The highest BCUT2D eigenvalue weighted by atomic mass is 16.4. The fraction of sp³-hybridized carbons (Fsp3) is 0.750. The van der Waals surface area contributed by atoms with Crippen LogP contribution in [0.2, 0.25) is 0 Å². The number of hydrogen-bond donors (Lipinski definition) is 4. The van der Waals surface area contributed by atoms with Crippen molar-refractivity contribution in [2.45, 2.75) is 38.8 Å². The molecule has 0 rings (SSSR count). The van der Waals surface area contributed by atoms with Crippen LogP contribution in [0.3, 0.4) is 0 Å². The minimum atomic E-state index is -1.08. The number of carbonyl (C=O) groups is 2. The van der Waals surface area contributed by atoms with E-state index in [2.05, 4.69) is 0 Å². The van der Waals surface area contributed by atoms with Crippen LogP contribution in [0.1, 0.15) is 27.2 Å². The van der Waals surface area contributed by atoms with E-state index < -0.39 is 23.5 Å². The van der Waals surface area contributed by atoms with Gasteiger partial charge in [0.2, 0.25) is 0 Å². The van der Waals surface area contributed by atoms with E-state index in [1.807, 2.05) is 0 Å². The Morgan fingerprint density at radius 1 is 1.36 bits per heavy atom. The van der Waals surface area contributed by atoms with E-state index in [1.54, 1.807) is 6.92 Å². The number of aliphatic carboxylic acids is 2. The molecule has 14 heavy (non-hydrogen) atoms. The second-order valence-corrected chi connectivity index (χ2v) is 3.38. The van der Waals surface area contributed by atoms with Gasteiger partial charge in [0, 0.05) is 0 Å². The molecule has 0 aromatic carbocycles. The summed E-state index contributed by atoms with van der Waals surface area (Å²) in [4.78, 5) is 19.7. The minimum absolute atomic E-state index is 0.495. The smallest absolute Gasteiger partial charge is 0.323 e. The van der Waals surface area contributed by atoms with Gasteiger partial charge in [-0.05, 0) is 20.3 Å². The topological polar surface area (TPSA) is 127 Å². The lowest BCUT2D eigenvalue weighted by molar-refractivity contribution is -0.142. The summed E-state index contributed by atoms with van der Waals surface area (Å²) in [5.74, 6) is -1.91. The van der Waals surface area contributed by atoms with Gasteiger partial charge in [-0.25, -0.2) is 0 Å². The first-order valence-electron chi connectivity index (χ1n) is 4.13. The fourth-order valence-corrected chi connectivity index (χ4v) is 0.175. The van der Waals surface area contributed by atoms with Crippen LogP contribution in [0.25, 0.3) is 0 Å². The van der Waals surface area contributed by atoms with Gasteiger partial charge in [-0.15, -0.1) is 0 Å². The second kappa shape index (κ2) is 6.33. The van der Waals surface area contributed by atoms with Crippen LogP contribution in [0.5, 0.6) is 0 Å². The zero-order valence-electron chi connectivity index (χ0n) is 8.65. The van der Waals surface area contributed by atoms with Crippen molar-refractivity contribution in [2.75, 3.05) is 0 Å². The van der Waals surface area contributed by atoms with Gasteiger partial charge in [-0.1, -0.05) is 6.92 Å². The summed E-state index contributed by atoms with van der Waals surface area (Å²) in [5, 5.41) is 16.2. The van der Waals surface area contributed by atoms with E-state index in [9.17, 15) is 9.59 Å². The van der Waals surface area contributed by atoms with Crippen LogP contribution in [-0.2, 0) is 9.59 Å². The van der Waals surface area contributed by atoms with Gasteiger partial charge < -0.3 is 21.7 Å². The van der Waals surface area contributed by atoms with Crippen LogP contribution < -0.4 is 11.5 Å². The summed E-state index contributed by atoms with van der Waals surface area (Å²) in [5.41, 5.74) is 9.01. The highest BCUT2D eigenvalue weighted by Crippen LogP contribution is 1.93. The maximum absolute atomic E-state index is 9.90. The van der Waals surface area contributed by atoms with Gasteiger partial charge >= 0.3 is 11.9 Å². The molecular formula is C8H18N2O4. The predicted molar refractivity (Wildman–Crippen MR) is 51.8 cm³/mol. The minimum Gasteiger partial charge on any atom is -0.480 e. The van der Waals surface area contributed by atoms with Crippen molar-refractivity contribution in [2.24, 2.45) is 11.5 Å². The molecule has 1 atom stereocenters. The van der Waals surface area contributed by atoms with E-state index in [0.29, 0.717) is 6.42 Å². The Morgan fingerprint density at radius 3 is 1.64 bits per heavy atom. The van der Waals surface area contributed by atoms with Gasteiger partial charge in [0.1, 0.15) is 11.6 Å². The Hall–Kier alpha value is -1.14. The fourth-order valence-electron chi connectivity index (χ4n) is 0.175. The van der Waals surface area contributed by atoms with Crippen LogP contribution in [0, 0.1) is 0 Å². The lowest BCUT2D eigenvalue weighted by atomic mass is 10.1. The molecule has 1 unspecified atom stereocenters. The standard InChI is InChI=1S/2C4H9NO2/c1-4(2,5)3(6)7;1-2-3(5)4(6)7/h5H2,1-2H3,(H,6,7);3H,2,5H2,1H3,(H,6,7). The molecule has 0 aliphatic carbocycles. The van der Waals surface area contributed by atoms with Crippen molar-refractivity contribution in [1.29, 1.82) is 0 Å². The Labute approximate surface area is 82.9 Å². The summed E-state index contributed by atoms with van der Waals surface area (Å²) in [6, 6.07) is -0.681. The van der Waals surface area contributed by atoms with E-state index in [1.165, 1.54) is 13.8 Å². The SMILES string of the molecule is CC(C)(N)C(=O)O.CCC(N)C(=O)O. The Morgan fingerprint density at radius 2 is 1.64 bits per heavy atom. The number of carboxylic acid groups (broad SMARTS) is 2. The third-order valence-corrected chi connectivity index (χ3v) is 1.31. The first-order valence-corrected chi connectivity index (χ1v) is 4.13. The molecule has 0 radical (unpaired) electrons. The van der Waals surface area contributed by atoms with Gasteiger partial charge in [0.05, 0.1) is 0 Å². The zero-order valence-corrected chi connectivity index (χ0v) is 8.65. The highest BCUT2D eigenvalue weighted by molar-refractivity contribution is 5.77. The lowest BCUT2D eigenvalue weighted by Crippen LogP contribution is -2.41. The van der Waals surface area contributed by atoms with Crippen LogP contribution in [0.15, 0.2) is 0 Å². The maximum Gasteiger partial charge on any atom is 0.323 e. The molecule has 6 N–H and O–H groups in total. The molecule has 0 fully saturated rings. The van der Waals surface area contributed by atoms with Crippen LogP contribution >= 0.6 is 0 Å². The molecule has 0 bridgehead atoms. The van der Waals surface area contributed by atoms with Crippen molar-refractivity contribution in [1.82, 2.24) is 0 Å². The molecule has 0 aromatic heterocycles. The molecule has 0 aliphatic heterocycles. The second-order valence-electron chi connectivity index (χ2n) is 3.38. The molecule has 6 nitrogen and oxygen atoms in total. The van der Waals surface area contributed by atoms with E-state index in [4.69, 9.17) is 21.7 Å². The summed E-state index contributed by atoms with van der Waals surface area (Å²) >= 11 is 0. The normalized spacial score (nSPS) is 12.4. The lowest BCUT2D eigenvalue weighted by Gasteiger charge is -2.09. The first kappa shape index (κ1) is 15.3. The van der Waals surface area contributed by atoms with Gasteiger partial charge in [0.25, 0.3) is 0 Å². The first-order chi connectivity index (χ1) is 6.12. The number of hydrogen-bond acceptors (Lipinski definition) is 4. The quantitative estimate of drug-likeness (QED) is 0.498. The Balaban J connectivity index is 0. The number of nitrogens with two attached hydrogens (primary N) is 2. The van der Waals surface area contributed by atoms with Crippen molar-refractivity contribution >= 4 is 11.9 Å². The van der Waals surface area contributed by atoms with Crippen molar-refractivity contribution in [3.05, 3.63) is 0 Å². The maximum atomic E-state index is 9.90. The largest absolute Gasteiger partial charge is 0.480 e. The Kier molecular flexibility index (Phi) is 6.94. The zero-order chi connectivity index (χ0) is 11.9. The molecule has 0 spiro atoms. The molecule has 0 heterocycles. The van der Waals surface area contributed by atoms with E-state index in [-0.39, 0.29) is 0 Å². The predicted octanol–water partition coefficient (Wildman–Crippen LogP) is -0.383. The van der Waals surface area contributed by atoms with Crippen molar-refractivity contribution in [3.8, 4) is 0 Å². The summed E-state index contributed by atoms with van der Waals surface area (Å²) in [7, 11) is 0. The number of rotatable bonds is 3. The average Bonchev–Trinajstić information content (AvgIpc) is 2.02. The third-order valence-electron chi connectivity index (χ3n) is 1.31. The number of carboxylic acids is 2. The molecule has 0 saturated heterocycles. The third kappa shape index (κ3) is 8.95. The molecule has 84 valence electrons. The molecule has 6 heteroatoms. The Bertz CT molecular complexity index is 198. The summed E-state index contributed by atoms with van der Waals surface area (Å²) in [6.07, 6.45) is 0.495.